The number of ether oxygens (including phenoxy) is 1. The second-order valence-electron chi connectivity index (χ2n) is 5.95. The van der Waals surface area contributed by atoms with Crippen molar-refractivity contribution in [1.82, 2.24) is 9.88 Å². The van der Waals surface area contributed by atoms with Crippen LogP contribution in [0.4, 0.5) is 0 Å². The van der Waals surface area contributed by atoms with Gasteiger partial charge in [-0.25, -0.2) is 0 Å². The van der Waals surface area contributed by atoms with E-state index in [-0.39, 0.29) is 18.1 Å². The van der Waals surface area contributed by atoms with Gasteiger partial charge in [0.2, 0.25) is 0 Å². The lowest BCUT2D eigenvalue weighted by Gasteiger charge is -2.12. The zero-order chi connectivity index (χ0) is 17.5. The summed E-state index contributed by atoms with van der Waals surface area (Å²) in [6.07, 6.45) is 2.47. The standard InChI is InChI=1S/C19H24N2O3/c1-14-8-11-21(18(23)12-14)10-5-9-20-17(22)13-24-19-15(2)6-4-7-16(19)3/h4,6-8,11-12H,5,9-10,13H2,1-3H3,(H,20,22). The highest BCUT2D eigenvalue weighted by atomic mass is 16.5. The summed E-state index contributed by atoms with van der Waals surface area (Å²) in [5.74, 6) is 0.604. The molecule has 0 fully saturated rings. The molecule has 128 valence electrons. The van der Waals surface area contributed by atoms with Crippen molar-refractivity contribution in [2.24, 2.45) is 0 Å². The van der Waals surface area contributed by atoms with Gasteiger partial charge in [0.25, 0.3) is 11.5 Å². The van der Waals surface area contributed by atoms with E-state index < -0.39 is 0 Å². The molecule has 0 saturated carbocycles. The molecule has 0 aliphatic carbocycles. The summed E-state index contributed by atoms with van der Waals surface area (Å²) in [5.41, 5.74) is 2.97. The van der Waals surface area contributed by atoms with Gasteiger partial charge in [0, 0.05) is 25.4 Å². The van der Waals surface area contributed by atoms with Crippen LogP contribution in [0, 0.1) is 20.8 Å². The fourth-order valence-corrected chi connectivity index (χ4v) is 2.48. The number of pyridine rings is 1. The van der Waals surface area contributed by atoms with Crippen LogP contribution in [0.5, 0.6) is 5.75 Å². The second-order valence-corrected chi connectivity index (χ2v) is 5.95. The Morgan fingerprint density at radius 1 is 1.17 bits per heavy atom. The number of para-hydroxylation sites is 1. The summed E-state index contributed by atoms with van der Waals surface area (Å²) >= 11 is 0. The minimum atomic E-state index is -0.158. The SMILES string of the molecule is Cc1ccn(CCCNC(=O)COc2c(C)cccc2C)c(=O)c1. The molecule has 2 aromatic rings. The first-order valence-corrected chi connectivity index (χ1v) is 8.10. The molecule has 0 unspecified atom stereocenters. The number of aromatic nitrogens is 1. The molecule has 5 nitrogen and oxygen atoms in total. The molecule has 1 N–H and O–H groups in total. The van der Waals surface area contributed by atoms with Crippen LogP contribution in [0.25, 0.3) is 0 Å². The number of amides is 1. The zero-order valence-electron chi connectivity index (χ0n) is 14.5. The van der Waals surface area contributed by atoms with E-state index >= 15 is 0 Å². The number of benzene rings is 1. The number of carbonyl (C=O) groups excluding carboxylic acids is 1. The summed E-state index contributed by atoms with van der Waals surface area (Å²) in [6.45, 7) is 6.89. The summed E-state index contributed by atoms with van der Waals surface area (Å²) in [7, 11) is 0. The van der Waals surface area contributed by atoms with Gasteiger partial charge in [0.05, 0.1) is 0 Å². The molecule has 1 amide bonds. The van der Waals surface area contributed by atoms with Gasteiger partial charge in [-0.05, 0) is 49.9 Å². The number of rotatable bonds is 7. The van der Waals surface area contributed by atoms with Gasteiger partial charge < -0.3 is 14.6 Å². The third-order valence-corrected chi connectivity index (χ3v) is 3.81. The molecule has 1 aromatic carbocycles. The number of carbonyl (C=O) groups is 1. The molecular formula is C19H24N2O3. The number of nitrogens with one attached hydrogen (secondary N) is 1. The number of hydrogen-bond acceptors (Lipinski definition) is 3. The molecule has 0 bridgehead atoms. The van der Waals surface area contributed by atoms with Crippen molar-refractivity contribution in [3.8, 4) is 5.75 Å². The Kier molecular flexibility index (Phi) is 6.18. The first kappa shape index (κ1) is 17.8. The molecule has 0 aliphatic heterocycles. The van der Waals surface area contributed by atoms with E-state index in [0.717, 1.165) is 22.4 Å². The average Bonchev–Trinajstić information content (AvgIpc) is 2.52. The topological polar surface area (TPSA) is 60.3 Å². The Bertz CT molecular complexity index is 745. The Hall–Kier alpha value is -2.56. The van der Waals surface area contributed by atoms with Crippen molar-refractivity contribution >= 4 is 5.91 Å². The van der Waals surface area contributed by atoms with Crippen LogP contribution in [0.15, 0.2) is 41.3 Å². The summed E-state index contributed by atoms with van der Waals surface area (Å²) < 4.78 is 7.25. The van der Waals surface area contributed by atoms with Crippen LogP contribution < -0.4 is 15.6 Å². The highest BCUT2D eigenvalue weighted by Crippen LogP contribution is 2.21. The first-order chi connectivity index (χ1) is 11.5. The van der Waals surface area contributed by atoms with Crippen molar-refractivity contribution in [1.29, 1.82) is 0 Å². The molecule has 5 heteroatoms. The first-order valence-electron chi connectivity index (χ1n) is 8.10. The lowest BCUT2D eigenvalue weighted by atomic mass is 10.1. The minimum Gasteiger partial charge on any atom is -0.483 e. The van der Waals surface area contributed by atoms with Gasteiger partial charge >= 0.3 is 0 Å². The van der Waals surface area contributed by atoms with Crippen molar-refractivity contribution in [2.75, 3.05) is 13.2 Å². The molecule has 2 rings (SSSR count). The van der Waals surface area contributed by atoms with Crippen LogP contribution in [0.1, 0.15) is 23.1 Å². The van der Waals surface area contributed by atoms with Crippen molar-refractivity contribution in [3.05, 3.63) is 63.6 Å². The smallest absolute Gasteiger partial charge is 0.257 e. The second kappa shape index (κ2) is 8.34. The van der Waals surface area contributed by atoms with E-state index in [0.29, 0.717) is 19.5 Å². The van der Waals surface area contributed by atoms with Crippen LogP contribution in [-0.2, 0) is 11.3 Å². The summed E-state index contributed by atoms with van der Waals surface area (Å²) in [4.78, 5) is 23.6. The zero-order valence-corrected chi connectivity index (χ0v) is 14.5. The number of nitrogens with zero attached hydrogens (tertiary/aromatic N) is 1. The highest BCUT2D eigenvalue weighted by molar-refractivity contribution is 5.77. The number of aryl methyl sites for hydroxylation is 4. The van der Waals surface area contributed by atoms with E-state index in [4.69, 9.17) is 4.74 Å². The monoisotopic (exact) mass is 328 g/mol. The predicted octanol–water partition coefficient (Wildman–Crippen LogP) is 2.36. The third-order valence-electron chi connectivity index (χ3n) is 3.81. The Morgan fingerprint density at radius 2 is 1.88 bits per heavy atom. The Labute approximate surface area is 142 Å². The molecule has 1 heterocycles. The van der Waals surface area contributed by atoms with E-state index in [2.05, 4.69) is 5.32 Å². The van der Waals surface area contributed by atoms with Crippen LogP contribution in [-0.4, -0.2) is 23.6 Å². The van der Waals surface area contributed by atoms with Crippen molar-refractivity contribution in [2.45, 2.75) is 33.7 Å². The highest BCUT2D eigenvalue weighted by Gasteiger charge is 2.06. The van der Waals surface area contributed by atoms with Crippen LogP contribution in [0.3, 0.4) is 0 Å². The molecule has 0 saturated heterocycles. The van der Waals surface area contributed by atoms with Gasteiger partial charge in [-0.1, -0.05) is 18.2 Å². The molecule has 24 heavy (non-hydrogen) atoms. The summed E-state index contributed by atoms with van der Waals surface area (Å²) in [6, 6.07) is 9.39. The van der Waals surface area contributed by atoms with E-state index in [9.17, 15) is 9.59 Å². The average molecular weight is 328 g/mol. The fourth-order valence-electron chi connectivity index (χ4n) is 2.48. The lowest BCUT2D eigenvalue weighted by Crippen LogP contribution is -2.31. The van der Waals surface area contributed by atoms with Gasteiger partial charge in [-0.15, -0.1) is 0 Å². The fraction of sp³-hybridized carbons (Fsp3) is 0.368. The van der Waals surface area contributed by atoms with Crippen molar-refractivity contribution < 1.29 is 9.53 Å². The van der Waals surface area contributed by atoms with Gasteiger partial charge in [-0.2, -0.15) is 0 Å². The normalized spacial score (nSPS) is 10.5. The third kappa shape index (κ3) is 4.98. The minimum absolute atomic E-state index is 0.00380. The lowest BCUT2D eigenvalue weighted by molar-refractivity contribution is -0.123. The molecular weight excluding hydrogens is 304 g/mol. The van der Waals surface area contributed by atoms with E-state index in [1.165, 1.54) is 0 Å². The van der Waals surface area contributed by atoms with Gasteiger partial charge in [-0.3, -0.25) is 9.59 Å². The van der Waals surface area contributed by atoms with Crippen LogP contribution >= 0.6 is 0 Å². The maximum absolute atomic E-state index is 11.9. The quantitative estimate of drug-likeness (QED) is 0.794. The Morgan fingerprint density at radius 3 is 2.54 bits per heavy atom. The molecule has 0 atom stereocenters. The maximum atomic E-state index is 11.9. The largest absolute Gasteiger partial charge is 0.483 e. The molecule has 1 aromatic heterocycles. The van der Waals surface area contributed by atoms with E-state index in [1.807, 2.05) is 45.0 Å². The molecule has 0 spiro atoms. The Balaban J connectivity index is 1.73. The maximum Gasteiger partial charge on any atom is 0.257 e. The van der Waals surface area contributed by atoms with Crippen molar-refractivity contribution in [3.63, 3.8) is 0 Å². The van der Waals surface area contributed by atoms with Crippen LogP contribution in [0.2, 0.25) is 0 Å². The van der Waals surface area contributed by atoms with E-state index in [1.54, 1.807) is 16.8 Å². The summed E-state index contributed by atoms with van der Waals surface area (Å²) in [5, 5.41) is 2.81. The number of hydrogen-bond donors (Lipinski definition) is 1. The predicted molar refractivity (Wildman–Crippen MR) is 94.5 cm³/mol. The van der Waals surface area contributed by atoms with Gasteiger partial charge in [0.15, 0.2) is 6.61 Å². The molecule has 0 radical (unpaired) electrons. The van der Waals surface area contributed by atoms with Gasteiger partial charge in [0.1, 0.15) is 5.75 Å². The molecule has 0 aliphatic rings.